The third-order valence-corrected chi connectivity index (χ3v) is 0.878. The van der Waals surface area contributed by atoms with Gasteiger partial charge in [0.25, 0.3) is 0 Å². The molecule has 0 aromatic carbocycles. The summed E-state index contributed by atoms with van der Waals surface area (Å²) in [7, 11) is 0. The Kier molecular flexibility index (Phi) is 4.19. The first-order chi connectivity index (χ1) is 5.85. The smallest absolute Gasteiger partial charge is 0.408 e. The highest BCUT2D eigenvalue weighted by atomic mass is 17.1. The number of rotatable bonds is 2. The lowest BCUT2D eigenvalue weighted by molar-refractivity contribution is -0.232. The molecule has 0 radical (unpaired) electrons. The van der Waals surface area contributed by atoms with E-state index >= 15 is 0 Å². The number of nitrogens with one attached hydrogen (secondary N) is 1. The molecule has 6 heteroatoms. The van der Waals surface area contributed by atoms with Crippen LogP contribution < -0.4 is 5.32 Å². The molecule has 0 heterocycles. The van der Waals surface area contributed by atoms with Crippen LogP contribution in [-0.2, 0) is 14.4 Å². The molecule has 2 N–H and O–H groups in total. The monoisotopic (exact) mass is 191 g/mol. The first kappa shape index (κ1) is 11.7. The Labute approximate surface area is 75.8 Å². The van der Waals surface area contributed by atoms with E-state index in [1.54, 1.807) is 20.8 Å². The predicted octanol–water partition coefficient (Wildman–Crippen LogP) is 0.527. The van der Waals surface area contributed by atoms with E-state index in [1.165, 1.54) is 0 Å². The maximum Gasteiger partial charge on any atom is 0.408 e. The molecule has 0 unspecified atom stereocenters. The molecule has 0 aromatic rings. The summed E-state index contributed by atoms with van der Waals surface area (Å²) in [6.45, 7) is 4.65. The second-order valence-electron chi connectivity index (χ2n) is 3.32. The molecule has 76 valence electrons. The molecular formula is C7H13NO5. The maximum atomic E-state index is 10.9. The minimum absolute atomic E-state index is 0.425. The number of ether oxygens (including phenoxy) is 1. The van der Waals surface area contributed by atoms with Crippen molar-refractivity contribution in [2.24, 2.45) is 0 Å². The normalized spacial score (nSPS) is 10.5. The van der Waals surface area contributed by atoms with Gasteiger partial charge >= 0.3 is 12.1 Å². The Morgan fingerprint density at radius 2 is 1.92 bits per heavy atom. The molecule has 13 heavy (non-hydrogen) atoms. The summed E-state index contributed by atoms with van der Waals surface area (Å²) in [4.78, 5) is 24.5. The summed E-state index contributed by atoms with van der Waals surface area (Å²) in [5.41, 5.74) is -0.618. The third kappa shape index (κ3) is 7.07. The van der Waals surface area contributed by atoms with Crippen molar-refractivity contribution in [2.45, 2.75) is 26.4 Å². The third-order valence-electron chi connectivity index (χ3n) is 0.878. The van der Waals surface area contributed by atoms with Gasteiger partial charge in [0.2, 0.25) is 0 Å². The van der Waals surface area contributed by atoms with Gasteiger partial charge in [-0.15, -0.1) is 0 Å². The van der Waals surface area contributed by atoms with Crippen LogP contribution in [0.4, 0.5) is 4.79 Å². The van der Waals surface area contributed by atoms with Gasteiger partial charge in [-0.2, -0.15) is 5.26 Å². The Morgan fingerprint density at radius 3 is 2.31 bits per heavy atom. The van der Waals surface area contributed by atoms with Crippen molar-refractivity contribution in [3.8, 4) is 0 Å². The number of alkyl carbamates (subject to hydrolysis) is 1. The van der Waals surface area contributed by atoms with Crippen LogP contribution in [0.25, 0.3) is 0 Å². The van der Waals surface area contributed by atoms with Crippen molar-refractivity contribution in [1.29, 1.82) is 0 Å². The fourth-order valence-corrected chi connectivity index (χ4v) is 0.491. The molecular weight excluding hydrogens is 178 g/mol. The van der Waals surface area contributed by atoms with Crippen molar-refractivity contribution in [3.05, 3.63) is 0 Å². The molecule has 0 aromatic heterocycles. The predicted molar refractivity (Wildman–Crippen MR) is 43.0 cm³/mol. The molecule has 0 atom stereocenters. The lowest BCUT2D eigenvalue weighted by Gasteiger charge is -2.19. The Hall–Kier alpha value is -1.30. The van der Waals surface area contributed by atoms with E-state index in [2.05, 4.69) is 10.2 Å². The van der Waals surface area contributed by atoms with Gasteiger partial charge in [0.05, 0.1) is 0 Å². The van der Waals surface area contributed by atoms with E-state index in [9.17, 15) is 9.59 Å². The van der Waals surface area contributed by atoms with E-state index in [0.717, 1.165) is 0 Å². The first-order valence-electron chi connectivity index (χ1n) is 3.66. The molecule has 0 saturated heterocycles. The molecule has 0 saturated carbocycles. The van der Waals surface area contributed by atoms with Crippen LogP contribution in [-0.4, -0.2) is 29.5 Å². The maximum absolute atomic E-state index is 10.9. The van der Waals surface area contributed by atoms with Crippen LogP contribution in [0.15, 0.2) is 0 Å². The van der Waals surface area contributed by atoms with E-state index in [4.69, 9.17) is 9.99 Å². The summed E-state index contributed by atoms with van der Waals surface area (Å²) in [5, 5.41) is 9.93. The van der Waals surface area contributed by atoms with Gasteiger partial charge in [-0.25, -0.2) is 9.59 Å². The van der Waals surface area contributed by atoms with E-state index in [1.807, 2.05) is 0 Å². The van der Waals surface area contributed by atoms with E-state index in [-0.39, 0.29) is 0 Å². The van der Waals surface area contributed by atoms with Crippen molar-refractivity contribution in [1.82, 2.24) is 5.32 Å². The van der Waals surface area contributed by atoms with E-state index < -0.39 is 24.2 Å². The molecule has 0 bridgehead atoms. The fourth-order valence-electron chi connectivity index (χ4n) is 0.491. The van der Waals surface area contributed by atoms with Crippen molar-refractivity contribution < 1.29 is 24.5 Å². The minimum atomic E-state index is -0.953. The zero-order valence-corrected chi connectivity index (χ0v) is 7.79. The summed E-state index contributed by atoms with van der Waals surface area (Å²) < 4.78 is 4.79. The highest BCUT2D eigenvalue weighted by Crippen LogP contribution is 2.05. The van der Waals surface area contributed by atoms with Crippen LogP contribution in [0.1, 0.15) is 20.8 Å². The number of carbonyl (C=O) groups is 2. The second kappa shape index (κ2) is 4.66. The fraction of sp³-hybridized carbons (Fsp3) is 0.714. The Morgan fingerprint density at radius 1 is 1.38 bits per heavy atom. The summed E-state index contributed by atoms with van der Waals surface area (Å²) >= 11 is 0. The van der Waals surface area contributed by atoms with Crippen molar-refractivity contribution in [3.63, 3.8) is 0 Å². The minimum Gasteiger partial charge on any atom is -0.444 e. The van der Waals surface area contributed by atoms with Gasteiger partial charge in [-0.1, -0.05) is 0 Å². The average Bonchev–Trinajstić information content (AvgIpc) is 1.97. The molecule has 0 rings (SSSR count). The quantitative estimate of drug-likeness (QED) is 0.491. The summed E-state index contributed by atoms with van der Waals surface area (Å²) in [6.07, 6.45) is -0.738. The summed E-state index contributed by atoms with van der Waals surface area (Å²) in [5.74, 6) is -0.953. The van der Waals surface area contributed by atoms with Crippen LogP contribution >= 0.6 is 0 Å². The van der Waals surface area contributed by atoms with Crippen LogP contribution in [0.5, 0.6) is 0 Å². The highest BCUT2D eigenvalue weighted by Gasteiger charge is 2.16. The molecule has 0 fully saturated rings. The summed E-state index contributed by atoms with van der Waals surface area (Å²) in [6, 6.07) is 0. The van der Waals surface area contributed by atoms with E-state index in [0.29, 0.717) is 0 Å². The number of carbonyl (C=O) groups excluding carboxylic acids is 2. The Balaban J connectivity index is 3.71. The van der Waals surface area contributed by atoms with Gasteiger partial charge in [0.15, 0.2) is 0 Å². The molecule has 0 aliphatic heterocycles. The molecule has 0 aliphatic rings. The van der Waals surface area contributed by atoms with Gasteiger partial charge in [-0.05, 0) is 20.8 Å². The van der Waals surface area contributed by atoms with Crippen molar-refractivity contribution in [2.75, 3.05) is 6.54 Å². The lowest BCUT2D eigenvalue weighted by Crippen LogP contribution is -2.35. The van der Waals surface area contributed by atoms with Gasteiger partial charge in [-0.3, -0.25) is 4.89 Å². The largest absolute Gasteiger partial charge is 0.444 e. The van der Waals surface area contributed by atoms with Crippen LogP contribution in [0.3, 0.4) is 0 Å². The second-order valence-corrected chi connectivity index (χ2v) is 3.32. The first-order valence-corrected chi connectivity index (χ1v) is 3.66. The number of amides is 1. The zero-order valence-electron chi connectivity index (χ0n) is 7.79. The average molecular weight is 191 g/mol. The number of hydrogen-bond donors (Lipinski definition) is 2. The zero-order chi connectivity index (χ0) is 10.5. The van der Waals surface area contributed by atoms with Gasteiger partial charge < -0.3 is 10.1 Å². The molecule has 0 aliphatic carbocycles. The highest BCUT2D eigenvalue weighted by molar-refractivity contribution is 5.77. The van der Waals surface area contributed by atoms with Gasteiger partial charge in [0, 0.05) is 0 Å². The van der Waals surface area contributed by atoms with Crippen LogP contribution in [0.2, 0.25) is 0 Å². The van der Waals surface area contributed by atoms with Gasteiger partial charge in [0.1, 0.15) is 12.1 Å². The molecule has 6 nitrogen and oxygen atoms in total. The van der Waals surface area contributed by atoms with Crippen molar-refractivity contribution >= 4 is 12.1 Å². The number of hydrogen-bond acceptors (Lipinski definition) is 5. The molecule has 1 amide bonds. The standard InChI is InChI=1S/C7H13NO5/c1-7(2,3)12-6(10)8-4-5(9)13-11/h11H,4H2,1-3H3,(H,8,10). The molecule has 0 spiro atoms. The lowest BCUT2D eigenvalue weighted by atomic mass is 10.2. The SMILES string of the molecule is CC(C)(C)OC(=O)NCC(=O)OO. The Bertz CT molecular complexity index is 196. The topological polar surface area (TPSA) is 84.9 Å². The van der Waals surface area contributed by atoms with Crippen LogP contribution in [0, 0.1) is 0 Å².